The average molecular weight is 493 g/mol. The molecular weight excluding hydrogens is 452 g/mol. The van der Waals surface area contributed by atoms with Gasteiger partial charge in [0.2, 0.25) is 17.7 Å². The van der Waals surface area contributed by atoms with E-state index in [1.807, 2.05) is 6.92 Å². The number of carbonyl (C=O) groups is 4. The van der Waals surface area contributed by atoms with Gasteiger partial charge in [0.05, 0.1) is 0 Å². The number of carbonyl (C=O) groups excluding carboxylic acids is 4. The smallest absolute Gasteiger partial charge is 0.408 e. The minimum absolute atomic E-state index is 0.0535. The molecule has 0 spiro atoms. The number of aromatic hydroxyl groups is 1. The van der Waals surface area contributed by atoms with E-state index in [9.17, 15) is 24.3 Å². The normalized spacial score (nSPS) is 13.0. The number of phenolic OH excluding ortho intramolecular Hbond substituents is 1. The van der Waals surface area contributed by atoms with E-state index in [4.69, 9.17) is 10.5 Å². The molecule has 0 aliphatic heterocycles. The fraction of sp³-hybridized carbons (Fsp3) is 0.600. The van der Waals surface area contributed by atoms with Crippen molar-refractivity contribution in [2.75, 3.05) is 6.54 Å². The topological polar surface area (TPSA) is 151 Å². The van der Waals surface area contributed by atoms with E-state index < -0.39 is 47.5 Å². The van der Waals surface area contributed by atoms with Gasteiger partial charge < -0.3 is 31.1 Å². The number of hydrogen-bond donors (Lipinski definition) is 4. The van der Waals surface area contributed by atoms with Crippen LogP contribution in [0.3, 0.4) is 0 Å². The van der Waals surface area contributed by atoms with Crippen LogP contribution in [0.4, 0.5) is 4.79 Å². The number of hydrogen-bond acceptors (Lipinski definition) is 6. The maximum absolute atomic E-state index is 13.8. The predicted octanol–water partition coefficient (Wildman–Crippen LogP) is 2.75. The number of benzene rings is 1. The highest BCUT2D eigenvalue weighted by atomic mass is 16.6. The number of amides is 4. The Bertz CT molecular complexity index is 881. The zero-order valence-corrected chi connectivity index (χ0v) is 21.6. The highest BCUT2D eigenvalue weighted by Gasteiger charge is 2.37. The first-order chi connectivity index (χ1) is 16.3. The number of nitrogens with two attached hydrogens (primary N) is 1. The number of alkyl carbamates (subject to hydrolysis) is 1. The van der Waals surface area contributed by atoms with Gasteiger partial charge in [-0.05, 0) is 65.2 Å². The Hall–Kier alpha value is -3.30. The average Bonchev–Trinajstić information content (AvgIpc) is 2.72. The number of nitrogens with one attached hydrogen (secondary N) is 2. The van der Waals surface area contributed by atoms with Crippen LogP contribution >= 0.6 is 0 Å². The van der Waals surface area contributed by atoms with Crippen molar-refractivity contribution >= 4 is 23.8 Å². The van der Waals surface area contributed by atoms with E-state index in [1.54, 1.807) is 46.8 Å². The van der Waals surface area contributed by atoms with Crippen molar-refractivity contribution in [1.82, 2.24) is 15.5 Å². The molecule has 0 aromatic heterocycles. The largest absolute Gasteiger partial charge is 0.508 e. The molecule has 0 heterocycles. The summed E-state index contributed by atoms with van der Waals surface area (Å²) >= 11 is 0. The molecule has 4 amide bonds. The quantitative estimate of drug-likeness (QED) is 0.329. The second-order valence-electron chi connectivity index (χ2n) is 9.69. The van der Waals surface area contributed by atoms with Gasteiger partial charge in [-0.1, -0.05) is 25.5 Å². The van der Waals surface area contributed by atoms with Crippen LogP contribution in [0.1, 0.15) is 78.8 Å². The first-order valence-electron chi connectivity index (χ1n) is 11.9. The second-order valence-corrected chi connectivity index (χ2v) is 9.69. The lowest BCUT2D eigenvalue weighted by atomic mass is 9.99. The van der Waals surface area contributed by atoms with Crippen LogP contribution in [0.15, 0.2) is 24.3 Å². The maximum atomic E-state index is 13.8. The standard InChI is InChI=1S/C25H40N4O6/c1-7-8-14-27-22(32)21(17-10-9-11-18(30)15-17)29(16(2)3)23(33)19(12-13-20(26)31)28-24(34)35-25(4,5)6/h9-11,15-16,19,21,30H,7-8,12-14H2,1-6H3,(H2,26,31)(H,27,32)(H,28,34). The van der Waals surface area contributed by atoms with E-state index in [0.29, 0.717) is 12.1 Å². The number of primary amides is 1. The van der Waals surface area contributed by atoms with Gasteiger partial charge in [0.25, 0.3) is 0 Å². The van der Waals surface area contributed by atoms with Gasteiger partial charge in [-0.2, -0.15) is 0 Å². The Labute approximate surface area is 207 Å². The van der Waals surface area contributed by atoms with E-state index >= 15 is 0 Å². The summed E-state index contributed by atoms with van der Waals surface area (Å²) in [5, 5.41) is 15.4. The zero-order valence-electron chi connectivity index (χ0n) is 21.6. The number of ether oxygens (including phenoxy) is 1. The van der Waals surface area contributed by atoms with E-state index in [-0.39, 0.29) is 18.6 Å². The molecule has 0 radical (unpaired) electrons. The molecular formula is C25H40N4O6. The summed E-state index contributed by atoms with van der Waals surface area (Å²) in [4.78, 5) is 52.4. The lowest BCUT2D eigenvalue weighted by Gasteiger charge is -2.37. The van der Waals surface area contributed by atoms with Crippen molar-refractivity contribution in [3.8, 4) is 5.75 Å². The first-order valence-corrected chi connectivity index (χ1v) is 11.9. The third-order valence-corrected chi connectivity index (χ3v) is 5.02. The number of phenols is 1. The highest BCUT2D eigenvalue weighted by Crippen LogP contribution is 2.28. The molecule has 35 heavy (non-hydrogen) atoms. The maximum Gasteiger partial charge on any atom is 0.408 e. The van der Waals surface area contributed by atoms with Crippen molar-refractivity contribution < 1.29 is 29.0 Å². The summed E-state index contributed by atoms with van der Waals surface area (Å²) in [7, 11) is 0. The van der Waals surface area contributed by atoms with Gasteiger partial charge in [-0.3, -0.25) is 14.4 Å². The van der Waals surface area contributed by atoms with Crippen molar-refractivity contribution in [3.63, 3.8) is 0 Å². The van der Waals surface area contributed by atoms with Crippen LogP contribution in [0, 0.1) is 0 Å². The Balaban J connectivity index is 3.41. The Morgan fingerprint density at radius 2 is 1.83 bits per heavy atom. The monoisotopic (exact) mass is 492 g/mol. The number of nitrogens with zero attached hydrogens (tertiary/aromatic N) is 1. The minimum atomic E-state index is -1.16. The van der Waals surface area contributed by atoms with Crippen molar-refractivity contribution in [2.45, 2.75) is 91.0 Å². The minimum Gasteiger partial charge on any atom is -0.508 e. The SMILES string of the molecule is CCCCNC(=O)C(c1cccc(O)c1)N(C(=O)C(CCC(N)=O)NC(=O)OC(C)(C)C)C(C)C. The summed E-state index contributed by atoms with van der Waals surface area (Å²) in [5.74, 6) is -1.68. The summed E-state index contributed by atoms with van der Waals surface area (Å²) in [6.07, 6.45) is 0.581. The van der Waals surface area contributed by atoms with E-state index in [0.717, 1.165) is 12.8 Å². The lowest BCUT2D eigenvalue weighted by Crippen LogP contribution is -2.55. The number of rotatable bonds is 12. The predicted molar refractivity (Wildman–Crippen MR) is 132 cm³/mol. The van der Waals surface area contributed by atoms with Crippen molar-refractivity contribution in [1.29, 1.82) is 0 Å². The second kappa shape index (κ2) is 13.6. The molecule has 0 fully saturated rings. The molecule has 0 aliphatic rings. The van der Waals surface area contributed by atoms with Crippen molar-refractivity contribution in [2.24, 2.45) is 5.73 Å². The third-order valence-electron chi connectivity index (χ3n) is 5.02. The molecule has 0 saturated heterocycles. The molecule has 0 bridgehead atoms. The molecule has 1 rings (SSSR count). The van der Waals surface area contributed by atoms with Crippen LogP contribution < -0.4 is 16.4 Å². The zero-order chi connectivity index (χ0) is 26.8. The summed E-state index contributed by atoms with van der Waals surface area (Å²) in [6.45, 7) is 11.0. The van der Waals surface area contributed by atoms with Crippen LogP contribution in [0.25, 0.3) is 0 Å². The summed E-state index contributed by atoms with van der Waals surface area (Å²) in [5.41, 5.74) is 4.90. The molecule has 5 N–H and O–H groups in total. The molecule has 2 unspecified atom stereocenters. The van der Waals surface area contributed by atoms with Crippen LogP contribution in [0.5, 0.6) is 5.75 Å². The molecule has 196 valence electrons. The van der Waals surface area contributed by atoms with Crippen LogP contribution in [0.2, 0.25) is 0 Å². The summed E-state index contributed by atoms with van der Waals surface area (Å²) in [6, 6.07) is 3.41. The molecule has 1 aromatic rings. The van der Waals surface area contributed by atoms with E-state index in [1.165, 1.54) is 17.0 Å². The van der Waals surface area contributed by atoms with Crippen LogP contribution in [-0.2, 0) is 19.1 Å². The molecule has 1 aromatic carbocycles. The Morgan fingerprint density at radius 3 is 2.34 bits per heavy atom. The summed E-state index contributed by atoms with van der Waals surface area (Å²) < 4.78 is 5.29. The van der Waals surface area contributed by atoms with Gasteiger partial charge >= 0.3 is 6.09 Å². The lowest BCUT2D eigenvalue weighted by molar-refractivity contribution is -0.144. The molecule has 0 saturated carbocycles. The Morgan fingerprint density at radius 1 is 1.17 bits per heavy atom. The number of unbranched alkanes of at least 4 members (excludes halogenated alkanes) is 1. The first kappa shape index (κ1) is 29.7. The van der Waals surface area contributed by atoms with Gasteiger partial charge in [-0.25, -0.2) is 4.79 Å². The molecule has 2 atom stereocenters. The molecule has 0 aliphatic carbocycles. The van der Waals surface area contributed by atoms with Crippen molar-refractivity contribution in [3.05, 3.63) is 29.8 Å². The highest BCUT2D eigenvalue weighted by molar-refractivity contribution is 5.92. The Kier molecular flexibility index (Phi) is 11.5. The fourth-order valence-corrected chi connectivity index (χ4v) is 3.47. The molecule has 10 heteroatoms. The van der Waals surface area contributed by atoms with Gasteiger partial charge in [-0.15, -0.1) is 0 Å². The van der Waals surface area contributed by atoms with Gasteiger partial charge in [0.1, 0.15) is 23.4 Å². The fourth-order valence-electron chi connectivity index (χ4n) is 3.47. The van der Waals surface area contributed by atoms with E-state index in [2.05, 4.69) is 10.6 Å². The van der Waals surface area contributed by atoms with Gasteiger partial charge in [0.15, 0.2) is 0 Å². The van der Waals surface area contributed by atoms with Gasteiger partial charge in [0, 0.05) is 19.0 Å². The third kappa shape index (κ3) is 10.2. The van der Waals surface area contributed by atoms with Crippen LogP contribution in [-0.4, -0.2) is 58.1 Å². The molecule has 10 nitrogen and oxygen atoms in total.